The lowest BCUT2D eigenvalue weighted by molar-refractivity contribution is 0.284. The molecule has 1 atom stereocenters. The summed E-state index contributed by atoms with van der Waals surface area (Å²) >= 11 is 0. The van der Waals surface area contributed by atoms with Crippen LogP contribution in [0.3, 0.4) is 0 Å². The zero-order valence-electron chi connectivity index (χ0n) is 25.3. The van der Waals surface area contributed by atoms with E-state index in [9.17, 15) is 13.7 Å². The maximum atomic E-state index is 13.9. The predicted molar refractivity (Wildman–Crippen MR) is 159 cm³/mol. The van der Waals surface area contributed by atoms with E-state index in [0.29, 0.717) is 11.3 Å². The molecule has 0 bridgehead atoms. The van der Waals surface area contributed by atoms with Gasteiger partial charge in [-0.25, -0.2) is 8.42 Å². The molecule has 0 aliphatic heterocycles. The molecule has 3 nitrogen and oxygen atoms in total. The minimum atomic E-state index is -3.88. The summed E-state index contributed by atoms with van der Waals surface area (Å²) in [7, 11) is -3.88. The Morgan fingerprint density at radius 3 is 2.03 bits per heavy atom. The van der Waals surface area contributed by atoms with E-state index in [0.717, 1.165) is 43.2 Å². The van der Waals surface area contributed by atoms with Gasteiger partial charge in [-0.15, -0.1) is 0 Å². The second kappa shape index (κ2) is 15.7. The van der Waals surface area contributed by atoms with E-state index in [1.807, 2.05) is 19.1 Å². The van der Waals surface area contributed by atoms with Gasteiger partial charge in [-0.3, -0.25) is 0 Å². The maximum Gasteiger partial charge on any atom is 0.216 e. The molecule has 0 spiro atoms. The molecule has 0 aromatic heterocycles. The topological polar surface area (TPSA) is 57.9 Å². The average molecular weight is 530 g/mol. The standard InChI is InChI=1S/C33H55NO2S/c1-9-11-13-14-15-16-17-18-19-27(3)23-30(25-34)37(35,36)31-24-29(22-21-28(31)20-12-10-2)33(7,8)26-32(4,5)6/h21-24,27H,9-20,26H2,1-8H3. The number of hydrogen-bond donors (Lipinski definition) is 0. The number of hydrogen-bond acceptors (Lipinski definition) is 3. The van der Waals surface area contributed by atoms with Gasteiger partial charge in [0.15, 0.2) is 0 Å². The van der Waals surface area contributed by atoms with Gasteiger partial charge in [-0.1, -0.05) is 131 Å². The molecule has 0 aliphatic carbocycles. The summed E-state index contributed by atoms with van der Waals surface area (Å²) in [5, 5.41) is 9.94. The van der Waals surface area contributed by atoms with Crippen molar-refractivity contribution in [3.63, 3.8) is 0 Å². The van der Waals surface area contributed by atoms with Crippen LogP contribution in [-0.4, -0.2) is 8.42 Å². The Hall–Kier alpha value is -1.60. The van der Waals surface area contributed by atoms with Crippen molar-refractivity contribution in [2.24, 2.45) is 11.3 Å². The first-order chi connectivity index (χ1) is 17.3. The molecule has 37 heavy (non-hydrogen) atoms. The van der Waals surface area contributed by atoms with Gasteiger partial charge in [-0.2, -0.15) is 5.26 Å². The highest BCUT2D eigenvalue weighted by Crippen LogP contribution is 2.38. The Kier molecular flexibility index (Phi) is 14.2. The van der Waals surface area contributed by atoms with E-state index < -0.39 is 9.84 Å². The largest absolute Gasteiger partial charge is 0.218 e. The molecule has 1 aromatic carbocycles. The Bertz CT molecular complexity index is 990. The molecule has 0 saturated heterocycles. The first-order valence-electron chi connectivity index (χ1n) is 14.8. The lowest BCUT2D eigenvalue weighted by Crippen LogP contribution is -2.25. The van der Waals surface area contributed by atoms with Gasteiger partial charge >= 0.3 is 0 Å². The molecule has 1 unspecified atom stereocenters. The van der Waals surface area contributed by atoms with E-state index in [2.05, 4.69) is 60.6 Å². The summed E-state index contributed by atoms with van der Waals surface area (Å²) < 4.78 is 27.7. The number of unbranched alkanes of at least 4 members (excludes halogenated alkanes) is 8. The van der Waals surface area contributed by atoms with Crippen LogP contribution in [0, 0.1) is 22.7 Å². The summed E-state index contributed by atoms with van der Waals surface area (Å²) in [6.45, 7) is 17.4. The summed E-state index contributed by atoms with van der Waals surface area (Å²) in [6.07, 6.45) is 16.2. The van der Waals surface area contributed by atoms with Crippen LogP contribution in [0.5, 0.6) is 0 Å². The number of sulfone groups is 1. The second-order valence-corrected chi connectivity index (χ2v) is 14.8. The molecule has 0 amide bonds. The fraction of sp³-hybridized carbons (Fsp3) is 0.727. The Balaban J connectivity index is 3.14. The van der Waals surface area contributed by atoms with Gasteiger partial charge in [0, 0.05) is 0 Å². The lowest BCUT2D eigenvalue weighted by Gasteiger charge is -2.33. The highest BCUT2D eigenvalue weighted by Gasteiger charge is 2.31. The van der Waals surface area contributed by atoms with E-state index >= 15 is 0 Å². The van der Waals surface area contributed by atoms with Crippen LogP contribution in [0.2, 0.25) is 0 Å². The first kappa shape index (κ1) is 33.4. The van der Waals surface area contributed by atoms with Crippen molar-refractivity contribution in [3.05, 3.63) is 40.3 Å². The number of nitrogens with zero attached hydrogens (tertiary/aromatic N) is 1. The Morgan fingerprint density at radius 1 is 0.919 bits per heavy atom. The molecule has 0 N–H and O–H groups in total. The van der Waals surface area contributed by atoms with E-state index in [4.69, 9.17) is 0 Å². The second-order valence-electron chi connectivity index (χ2n) is 12.9. The molecule has 0 saturated carbocycles. The molecular weight excluding hydrogens is 474 g/mol. The summed E-state index contributed by atoms with van der Waals surface area (Å²) in [6, 6.07) is 8.00. The van der Waals surface area contributed by atoms with Crippen molar-refractivity contribution in [2.75, 3.05) is 0 Å². The Morgan fingerprint density at radius 2 is 1.49 bits per heavy atom. The van der Waals surface area contributed by atoms with Gasteiger partial charge in [0.25, 0.3) is 0 Å². The fourth-order valence-electron chi connectivity index (χ4n) is 5.47. The zero-order valence-corrected chi connectivity index (χ0v) is 26.1. The van der Waals surface area contributed by atoms with Crippen LogP contribution < -0.4 is 0 Å². The number of rotatable bonds is 17. The minimum absolute atomic E-state index is 0.0594. The Labute approximate surface area is 230 Å². The highest BCUT2D eigenvalue weighted by molar-refractivity contribution is 7.95. The fourth-order valence-corrected chi connectivity index (χ4v) is 7.04. The molecule has 0 aliphatic rings. The summed E-state index contributed by atoms with van der Waals surface area (Å²) in [4.78, 5) is 0.232. The molecule has 1 rings (SSSR count). The van der Waals surface area contributed by atoms with E-state index in [-0.39, 0.29) is 21.7 Å². The van der Waals surface area contributed by atoms with Gasteiger partial charge in [-0.05, 0) is 59.6 Å². The summed E-state index contributed by atoms with van der Waals surface area (Å²) in [5.41, 5.74) is 1.79. The van der Waals surface area contributed by atoms with Crippen LogP contribution in [-0.2, 0) is 21.7 Å². The lowest BCUT2D eigenvalue weighted by atomic mass is 9.72. The van der Waals surface area contributed by atoms with Crippen molar-refractivity contribution < 1.29 is 8.42 Å². The van der Waals surface area contributed by atoms with Crippen LogP contribution >= 0.6 is 0 Å². The van der Waals surface area contributed by atoms with E-state index in [1.165, 1.54) is 44.9 Å². The number of allylic oxidation sites excluding steroid dienone is 2. The van der Waals surface area contributed by atoms with Crippen molar-refractivity contribution in [1.82, 2.24) is 0 Å². The van der Waals surface area contributed by atoms with E-state index in [1.54, 1.807) is 6.08 Å². The third-order valence-corrected chi connectivity index (χ3v) is 9.02. The molecule has 0 fully saturated rings. The number of aryl methyl sites for hydroxylation is 1. The van der Waals surface area contributed by atoms with Crippen LogP contribution in [0.25, 0.3) is 0 Å². The number of benzene rings is 1. The van der Waals surface area contributed by atoms with Crippen LogP contribution in [0.15, 0.2) is 34.1 Å². The normalized spacial score (nSPS) is 14.0. The van der Waals surface area contributed by atoms with Crippen molar-refractivity contribution in [3.8, 4) is 6.07 Å². The smallest absolute Gasteiger partial charge is 0.216 e. The molecule has 0 heterocycles. The van der Waals surface area contributed by atoms with Crippen molar-refractivity contribution in [1.29, 1.82) is 5.26 Å². The molecule has 0 radical (unpaired) electrons. The number of nitriles is 1. The van der Waals surface area contributed by atoms with Crippen molar-refractivity contribution in [2.45, 2.75) is 149 Å². The van der Waals surface area contributed by atoms with Gasteiger partial charge in [0.2, 0.25) is 9.84 Å². The molecule has 1 aromatic rings. The third kappa shape index (κ3) is 11.8. The quantitative estimate of drug-likeness (QED) is 0.149. The third-order valence-electron chi connectivity index (χ3n) is 7.26. The molecular formula is C33H55NO2S. The highest BCUT2D eigenvalue weighted by atomic mass is 32.2. The van der Waals surface area contributed by atoms with Gasteiger partial charge < -0.3 is 0 Å². The molecule has 210 valence electrons. The first-order valence-corrected chi connectivity index (χ1v) is 16.3. The average Bonchev–Trinajstić information content (AvgIpc) is 2.81. The maximum absolute atomic E-state index is 13.9. The van der Waals surface area contributed by atoms with Crippen LogP contribution in [0.4, 0.5) is 0 Å². The molecule has 4 heteroatoms. The zero-order chi connectivity index (χ0) is 28.1. The van der Waals surface area contributed by atoms with Crippen molar-refractivity contribution >= 4 is 9.84 Å². The van der Waals surface area contributed by atoms with Gasteiger partial charge in [0.05, 0.1) is 4.90 Å². The van der Waals surface area contributed by atoms with Gasteiger partial charge in [0.1, 0.15) is 11.0 Å². The monoisotopic (exact) mass is 529 g/mol. The summed E-state index contributed by atoms with van der Waals surface area (Å²) in [5.74, 6) is 0.0594. The van der Waals surface area contributed by atoms with Crippen LogP contribution in [0.1, 0.15) is 144 Å². The minimum Gasteiger partial charge on any atom is -0.218 e. The SMILES string of the molecule is CCCCCCCCCCC(C)C=C(C#N)S(=O)(=O)c1cc(C(C)(C)CC(C)(C)C)ccc1CCCC. The predicted octanol–water partition coefficient (Wildman–Crippen LogP) is 10.1.